The van der Waals surface area contributed by atoms with Crippen molar-refractivity contribution in [2.75, 3.05) is 20.0 Å². The van der Waals surface area contributed by atoms with E-state index in [-0.39, 0.29) is 25.0 Å². The summed E-state index contributed by atoms with van der Waals surface area (Å²) in [6.45, 7) is 19.8. The first-order chi connectivity index (χ1) is 28.0. The molecule has 0 aromatic heterocycles. The van der Waals surface area contributed by atoms with E-state index < -0.39 is 62.2 Å². The summed E-state index contributed by atoms with van der Waals surface area (Å²) in [6.07, 6.45) is -0.0205. The van der Waals surface area contributed by atoms with E-state index in [4.69, 9.17) is 37.6 Å². The number of carbonyl (C=O) groups excluding carboxylic acids is 2. The monoisotopic (exact) mass is 834 g/mol. The van der Waals surface area contributed by atoms with Crippen LogP contribution in [0.2, 0.25) is 5.04 Å². The topological polar surface area (TPSA) is 108 Å². The van der Waals surface area contributed by atoms with E-state index >= 15 is 0 Å². The molecule has 0 bridgehead atoms. The highest BCUT2D eigenvalue weighted by atomic mass is 28.4. The molecule has 11 heteroatoms. The zero-order valence-electron chi connectivity index (χ0n) is 37.2. The van der Waals surface area contributed by atoms with Gasteiger partial charge in [-0.1, -0.05) is 151 Å². The van der Waals surface area contributed by atoms with Crippen LogP contribution in [-0.4, -0.2) is 76.8 Å². The number of hydrogen-bond acceptors (Lipinski definition) is 10. The zero-order valence-corrected chi connectivity index (χ0v) is 38.2. The highest BCUT2D eigenvalue weighted by Gasteiger charge is 2.55. The molecule has 0 amide bonds. The molecule has 59 heavy (non-hydrogen) atoms. The fourth-order valence-electron chi connectivity index (χ4n) is 7.20. The van der Waals surface area contributed by atoms with Crippen LogP contribution in [0.15, 0.2) is 91.0 Å². The zero-order chi connectivity index (χ0) is 43.1. The van der Waals surface area contributed by atoms with Gasteiger partial charge in [-0.25, -0.2) is 4.79 Å². The molecule has 5 atom stereocenters. The average Bonchev–Trinajstić information content (AvgIpc) is 3.17. The van der Waals surface area contributed by atoms with Gasteiger partial charge in [0, 0.05) is 6.61 Å². The molecular formula is C48H70O10Si. The minimum Gasteiger partial charge on any atom is -0.456 e. The predicted octanol–water partition coefficient (Wildman–Crippen LogP) is 9.50. The number of ether oxygens (including phenoxy) is 7. The predicted molar refractivity (Wildman–Crippen MR) is 233 cm³/mol. The Morgan fingerprint density at radius 3 is 1.76 bits per heavy atom. The summed E-state index contributed by atoms with van der Waals surface area (Å²) in [5.41, 5.74) is -0.775. The number of rotatable bonds is 20. The Kier molecular flexibility index (Phi) is 18.2. The van der Waals surface area contributed by atoms with Gasteiger partial charge in [-0.15, -0.1) is 0 Å². The van der Waals surface area contributed by atoms with Crippen LogP contribution < -0.4 is 10.4 Å². The van der Waals surface area contributed by atoms with E-state index in [1.165, 1.54) is 6.42 Å². The third kappa shape index (κ3) is 14.3. The molecule has 0 radical (unpaired) electrons. The number of unbranched alkanes of at least 4 members (excludes halogenated alkanes) is 5. The number of carbonyl (C=O) groups is 2. The van der Waals surface area contributed by atoms with Gasteiger partial charge < -0.3 is 37.6 Å². The number of hydrogen-bond donors (Lipinski definition) is 0. The van der Waals surface area contributed by atoms with Crippen LogP contribution in [0.4, 0.5) is 4.79 Å². The van der Waals surface area contributed by atoms with Crippen LogP contribution in [0.1, 0.15) is 113 Å². The summed E-state index contributed by atoms with van der Waals surface area (Å²) < 4.78 is 51.4. The maximum Gasteiger partial charge on any atom is 0.509 e. The lowest BCUT2D eigenvalue weighted by molar-refractivity contribution is -0.319. The van der Waals surface area contributed by atoms with Crippen molar-refractivity contribution in [3.05, 3.63) is 96.6 Å². The van der Waals surface area contributed by atoms with Crippen molar-refractivity contribution in [2.45, 2.75) is 156 Å². The summed E-state index contributed by atoms with van der Waals surface area (Å²) >= 11 is 0. The lowest BCUT2D eigenvalue weighted by Crippen LogP contribution is -2.69. The fraction of sp³-hybridized carbons (Fsp3) is 0.583. The van der Waals surface area contributed by atoms with Crippen molar-refractivity contribution < 1.29 is 47.2 Å². The molecule has 1 heterocycles. The number of esters is 1. The van der Waals surface area contributed by atoms with E-state index in [1.54, 1.807) is 41.5 Å². The van der Waals surface area contributed by atoms with Gasteiger partial charge in [0.05, 0.1) is 18.6 Å². The molecule has 3 aromatic rings. The van der Waals surface area contributed by atoms with Gasteiger partial charge in [-0.3, -0.25) is 4.79 Å². The van der Waals surface area contributed by atoms with Crippen LogP contribution in [0, 0.1) is 5.41 Å². The third-order valence-corrected chi connectivity index (χ3v) is 15.2. The second kappa shape index (κ2) is 22.3. The lowest BCUT2D eigenvalue weighted by Gasteiger charge is -2.47. The molecule has 0 N–H and O–H groups in total. The van der Waals surface area contributed by atoms with Crippen LogP contribution in [0.25, 0.3) is 0 Å². The summed E-state index contributed by atoms with van der Waals surface area (Å²) in [5, 5.41) is 1.82. The SMILES string of the molecule is CCCCCCCCO[C@@H]1O[C@H](CO[Si](c2ccccc2)(c2ccccc2)C(C)(C)C)[C@@H](OC(=O)C(C)(C)C)[C@H](OCOCc2ccccc2)[C@H]1OC(=O)OC(C)(C)C. The Balaban J connectivity index is 1.78. The second-order valence-corrected chi connectivity index (χ2v) is 22.7. The Morgan fingerprint density at radius 1 is 0.661 bits per heavy atom. The van der Waals surface area contributed by atoms with Gasteiger partial charge in [0.25, 0.3) is 8.32 Å². The van der Waals surface area contributed by atoms with Gasteiger partial charge in [-0.05, 0) is 68.9 Å². The molecule has 0 aliphatic carbocycles. The summed E-state index contributed by atoms with van der Waals surface area (Å²) in [5.74, 6) is -0.484. The highest BCUT2D eigenvalue weighted by molar-refractivity contribution is 6.99. The van der Waals surface area contributed by atoms with Crippen LogP contribution in [0.5, 0.6) is 0 Å². The molecule has 1 aliphatic heterocycles. The second-order valence-electron chi connectivity index (χ2n) is 18.4. The van der Waals surface area contributed by atoms with Crippen molar-refractivity contribution in [3.63, 3.8) is 0 Å². The molecule has 1 fully saturated rings. The molecule has 0 saturated carbocycles. The van der Waals surface area contributed by atoms with Crippen molar-refractivity contribution in [1.82, 2.24) is 0 Å². The van der Waals surface area contributed by atoms with E-state index in [0.717, 1.165) is 48.0 Å². The molecule has 1 saturated heterocycles. The van der Waals surface area contributed by atoms with E-state index in [2.05, 4.69) is 52.0 Å². The fourth-order valence-corrected chi connectivity index (χ4v) is 11.8. The standard InChI is InChI=1S/C48H70O10Si/c1-11-12-13-14-15-25-32-52-43-42(57-45(50)58-47(5,6)7)41(53-35-51-33-36-26-19-16-20-27-36)40(56-44(49)46(2,3)4)39(55-43)34-54-59(48(8,9)10,37-28-21-17-22-29-37)38-30-23-18-24-31-38/h16-24,26-31,39-43H,11-15,25,32-35H2,1-10H3/t39-,40-,41+,42-,43-/m1/s1. The minimum atomic E-state index is -3.10. The van der Waals surface area contributed by atoms with Gasteiger partial charge >= 0.3 is 12.1 Å². The Labute approximate surface area is 354 Å². The Hall–Kier alpha value is -3.58. The first-order valence-corrected chi connectivity index (χ1v) is 23.2. The molecular weight excluding hydrogens is 765 g/mol. The van der Waals surface area contributed by atoms with Gasteiger partial charge in [-0.2, -0.15) is 0 Å². The minimum absolute atomic E-state index is 0.0101. The molecule has 4 rings (SSSR count). The normalized spacial score (nSPS) is 20.2. The van der Waals surface area contributed by atoms with Gasteiger partial charge in [0.2, 0.25) is 0 Å². The van der Waals surface area contributed by atoms with Gasteiger partial charge in [0.15, 0.2) is 18.5 Å². The summed E-state index contributed by atoms with van der Waals surface area (Å²) in [4.78, 5) is 27.4. The molecule has 0 spiro atoms. The maximum absolute atomic E-state index is 13.9. The smallest absolute Gasteiger partial charge is 0.456 e. The van der Waals surface area contributed by atoms with Gasteiger partial charge in [0.1, 0.15) is 24.6 Å². The quantitative estimate of drug-likeness (QED) is 0.0473. The largest absolute Gasteiger partial charge is 0.509 e. The highest BCUT2D eigenvalue weighted by Crippen LogP contribution is 2.39. The summed E-state index contributed by atoms with van der Waals surface area (Å²) in [6, 6.07) is 30.3. The van der Waals surface area contributed by atoms with Crippen molar-refractivity contribution >= 4 is 30.8 Å². The van der Waals surface area contributed by atoms with Crippen molar-refractivity contribution in [2.24, 2.45) is 5.41 Å². The van der Waals surface area contributed by atoms with Crippen LogP contribution in [0.3, 0.4) is 0 Å². The molecule has 1 aliphatic rings. The lowest BCUT2D eigenvalue weighted by atomic mass is 9.95. The van der Waals surface area contributed by atoms with E-state index in [1.807, 2.05) is 66.7 Å². The Morgan fingerprint density at radius 2 is 1.22 bits per heavy atom. The summed E-state index contributed by atoms with van der Waals surface area (Å²) in [7, 11) is -3.10. The van der Waals surface area contributed by atoms with Crippen molar-refractivity contribution in [1.29, 1.82) is 0 Å². The van der Waals surface area contributed by atoms with Crippen LogP contribution >= 0.6 is 0 Å². The molecule has 10 nitrogen and oxygen atoms in total. The number of benzene rings is 3. The molecule has 326 valence electrons. The van der Waals surface area contributed by atoms with E-state index in [9.17, 15) is 9.59 Å². The molecule has 0 unspecified atom stereocenters. The first-order valence-electron chi connectivity index (χ1n) is 21.3. The maximum atomic E-state index is 13.9. The third-order valence-electron chi connectivity index (χ3n) is 10.2. The van der Waals surface area contributed by atoms with E-state index in [0.29, 0.717) is 6.61 Å². The Bertz CT molecular complexity index is 1630. The average molecular weight is 835 g/mol. The van der Waals surface area contributed by atoms with Crippen LogP contribution in [-0.2, 0) is 49.0 Å². The van der Waals surface area contributed by atoms with Crippen molar-refractivity contribution in [3.8, 4) is 0 Å². The molecule has 3 aromatic carbocycles. The first kappa shape index (κ1) is 48.1.